The van der Waals surface area contributed by atoms with Crippen molar-refractivity contribution in [1.82, 2.24) is 4.37 Å². The van der Waals surface area contributed by atoms with Crippen LogP contribution in [0.4, 0.5) is 5.69 Å². The largest absolute Gasteiger partial charge is 0.497 e. The number of anilines is 1. The summed E-state index contributed by atoms with van der Waals surface area (Å²) >= 11 is 1.46. The molecular weight excluding hydrogens is 320 g/mol. The van der Waals surface area contributed by atoms with Crippen molar-refractivity contribution in [3.8, 4) is 17.0 Å². The Kier molecular flexibility index (Phi) is 3.78. The lowest BCUT2D eigenvalue weighted by Gasteiger charge is -2.23. The Morgan fingerprint density at radius 2 is 2.00 bits per heavy atom. The summed E-state index contributed by atoms with van der Waals surface area (Å²) in [6.45, 7) is 0. The summed E-state index contributed by atoms with van der Waals surface area (Å²) in [5.41, 5.74) is 3.78. The van der Waals surface area contributed by atoms with Crippen molar-refractivity contribution in [2.24, 2.45) is 0 Å². The van der Waals surface area contributed by atoms with Crippen LogP contribution in [0, 0.1) is 0 Å². The van der Waals surface area contributed by atoms with E-state index in [4.69, 9.17) is 4.74 Å². The predicted octanol–water partition coefficient (Wildman–Crippen LogP) is 4.29. The Hall–Kier alpha value is -2.66. The van der Waals surface area contributed by atoms with Crippen LogP contribution in [0.15, 0.2) is 54.6 Å². The van der Waals surface area contributed by atoms with Gasteiger partial charge in [-0.1, -0.05) is 42.5 Å². The van der Waals surface area contributed by atoms with E-state index in [0.29, 0.717) is 6.42 Å². The van der Waals surface area contributed by atoms with Gasteiger partial charge in [-0.3, -0.25) is 4.79 Å². The molecule has 1 unspecified atom stereocenters. The molecule has 5 heteroatoms. The third kappa shape index (κ3) is 2.57. The SMILES string of the molecule is COc1cccc(C2CC(=O)Nc3c(-c4ccccc4)nsc32)c1. The number of nitrogens with zero attached hydrogens (tertiary/aromatic N) is 1. The van der Waals surface area contributed by atoms with E-state index in [2.05, 4.69) is 9.69 Å². The second kappa shape index (κ2) is 6.09. The van der Waals surface area contributed by atoms with Crippen LogP contribution >= 0.6 is 11.5 Å². The fourth-order valence-corrected chi connectivity index (χ4v) is 4.02. The molecule has 0 bridgehead atoms. The number of fused-ring (bicyclic) bond motifs is 1. The molecule has 1 atom stereocenters. The van der Waals surface area contributed by atoms with Gasteiger partial charge in [-0.15, -0.1) is 0 Å². The number of amides is 1. The zero-order valence-electron chi connectivity index (χ0n) is 13.2. The molecule has 0 saturated heterocycles. The zero-order valence-corrected chi connectivity index (χ0v) is 14.0. The van der Waals surface area contributed by atoms with Gasteiger partial charge in [0.15, 0.2) is 0 Å². The number of ether oxygens (including phenoxy) is 1. The first-order chi connectivity index (χ1) is 11.8. The maximum Gasteiger partial charge on any atom is 0.225 e. The molecule has 3 aromatic rings. The monoisotopic (exact) mass is 336 g/mol. The summed E-state index contributed by atoms with van der Waals surface area (Å²) in [6.07, 6.45) is 0.427. The van der Waals surface area contributed by atoms with Crippen molar-refractivity contribution in [2.75, 3.05) is 12.4 Å². The van der Waals surface area contributed by atoms with Crippen LogP contribution in [-0.2, 0) is 4.79 Å². The lowest BCUT2D eigenvalue weighted by molar-refractivity contribution is -0.116. The molecular formula is C19H16N2O2S. The highest BCUT2D eigenvalue weighted by atomic mass is 32.1. The molecule has 0 aliphatic carbocycles. The van der Waals surface area contributed by atoms with E-state index in [0.717, 1.165) is 33.1 Å². The maximum atomic E-state index is 12.3. The second-order valence-corrected chi connectivity index (χ2v) is 6.52. The number of rotatable bonds is 3. The molecule has 4 nitrogen and oxygen atoms in total. The van der Waals surface area contributed by atoms with Crippen molar-refractivity contribution in [2.45, 2.75) is 12.3 Å². The molecule has 2 heterocycles. The third-order valence-electron chi connectivity index (χ3n) is 4.23. The van der Waals surface area contributed by atoms with Gasteiger partial charge in [0.2, 0.25) is 5.91 Å². The molecule has 0 spiro atoms. The Balaban J connectivity index is 1.81. The number of aromatic nitrogens is 1. The molecule has 1 aliphatic rings. The predicted molar refractivity (Wildman–Crippen MR) is 95.6 cm³/mol. The van der Waals surface area contributed by atoms with Crippen molar-refractivity contribution in [3.63, 3.8) is 0 Å². The van der Waals surface area contributed by atoms with Crippen LogP contribution in [0.2, 0.25) is 0 Å². The Morgan fingerprint density at radius 3 is 2.79 bits per heavy atom. The van der Waals surface area contributed by atoms with Crippen LogP contribution < -0.4 is 10.1 Å². The van der Waals surface area contributed by atoms with Crippen molar-refractivity contribution < 1.29 is 9.53 Å². The maximum absolute atomic E-state index is 12.3. The Labute approximate surface area is 144 Å². The Morgan fingerprint density at radius 1 is 1.17 bits per heavy atom. The number of methoxy groups -OCH3 is 1. The molecule has 120 valence electrons. The number of benzene rings is 2. The third-order valence-corrected chi connectivity index (χ3v) is 5.19. The summed E-state index contributed by atoms with van der Waals surface area (Å²) in [5, 5.41) is 3.01. The molecule has 0 radical (unpaired) electrons. The molecule has 0 fully saturated rings. The van der Waals surface area contributed by atoms with Gasteiger partial charge in [0, 0.05) is 17.9 Å². The number of carbonyl (C=O) groups is 1. The van der Waals surface area contributed by atoms with Gasteiger partial charge in [0.05, 0.1) is 17.7 Å². The molecule has 0 saturated carbocycles. The van der Waals surface area contributed by atoms with E-state index in [9.17, 15) is 4.79 Å². The molecule has 1 N–H and O–H groups in total. The van der Waals surface area contributed by atoms with E-state index in [1.165, 1.54) is 11.5 Å². The topological polar surface area (TPSA) is 51.2 Å². The quantitative estimate of drug-likeness (QED) is 0.776. The van der Waals surface area contributed by atoms with E-state index >= 15 is 0 Å². The molecule has 2 aromatic carbocycles. The van der Waals surface area contributed by atoms with Crippen LogP contribution in [0.1, 0.15) is 22.8 Å². The molecule has 1 aliphatic heterocycles. The normalized spacial score (nSPS) is 16.4. The first kappa shape index (κ1) is 14.9. The minimum atomic E-state index is 0.0128. The van der Waals surface area contributed by atoms with E-state index in [-0.39, 0.29) is 11.8 Å². The molecule has 24 heavy (non-hydrogen) atoms. The van der Waals surface area contributed by atoms with Gasteiger partial charge in [-0.2, -0.15) is 4.37 Å². The van der Waals surface area contributed by atoms with E-state index < -0.39 is 0 Å². The highest BCUT2D eigenvalue weighted by Crippen LogP contribution is 2.45. The average molecular weight is 336 g/mol. The first-order valence-electron chi connectivity index (χ1n) is 7.75. The zero-order chi connectivity index (χ0) is 16.5. The van der Waals surface area contributed by atoms with Crippen LogP contribution in [-0.4, -0.2) is 17.4 Å². The summed E-state index contributed by atoms with van der Waals surface area (Å²) in [5.74, 6) is 0.833. The summed E-state index contributed by atoms with van der Waals surface area (Å²) in [7, 11) is 1.65. The van der Waals surface area contributed by atoms with Gasteiger partial charge in [0.25, 0.3) is 0 Å². The van der Waals surface area contributed by atoms with Gasteiger partial charge in [0.1, 0.15) is 11.4 Å². The smallest absolute Gasteiger partial charge is 0.225 e. The van der Waals surface area contributed by atoms with Crippen molar-refractivity contribution >= 4 is 23.1 Å². The summed E-state index contributed by atoms with van der Waals surface area (Å²) < 4.78 is 9.94. The minimum Gasteiger partial charge on any atom is -0.497 e. The summed E-state index contributed by atoms with van der Waals surface area (Å²) in [4.78, 5) is 13.4. The lowest BCUT2D eigenvalue weighted by atomic mass is 9.89. The number of hydrogen-bond acceptors (Lipinski definition) is 4. The molecule has 1 amide bonds. The standard InChI is InChI=1S/C19H16N2O2S/c1-23-14-9-5-8-13(10-14)15-11-16(22)20-18-17(21-24-19(15)18)12-6-3-2-4-7-12/h2-10,15H,11H2,1H3,(H,20,22). The highest BCUT2D eigenvalue weighted by Gasteiger charge is 2.31. The van der Waals surface area contributed by atoms with Gasteiger partial charge >= 0.3 is 0 Å². The van der Waals surface area contributed by atoms with Gasteiger partial charge < -0.3 is 10.1 Å². The first-order valence-corrected chi connectivity index (χ1v) is 8.52. The van der Waals surface area contributed by atoms with Crippen LogP contribution in [0.5, 0.6) is 5.75 Å². The van der Waals surface area contributed by atoms with E-state index in [1.807, 2.05) is 54.6 Å². The molecule has 1 aromatic heterocycles. The van der Waals surface area contributed by atoms with Crippen molar-refractivity contribution in [3.05, 3.63) is 65.0 Å². The second-order valence-electron chi connectivity index (χ2n) is 5.72. The molecule has 4 rings (SSSR count). The van der Waals surface area contributed by atoms with Crippen LogP contribution in [0.3, 0.4) is 0 Å². The van der Waals surface area contributed by atoms with Gasteiger partial charge in [-0.05, 0) is 29.2 Å². The van der Waals surface area contributed by atoms with E-state index in [1.54, 1.807) is 7.11 Å². The number of hydrogen-bond donors (Lipinski definition) is 1. The summed E-state index contributed by atoms with van der Waals surface area (Å²) in [6, 6.07) is 17.9. The Bertz CT molecular complexity index is 889. The number of nitrogens with one attached hydrogen (secondary N) is 1. The fraction of sp³-hybridized carbons (Fsp3) is 0.158. The van der Waals surface area contributed by atoms with Crippen LogP contribution in [0.25, 0.3) is 11.3 Å². The average Bonchev–Trinajstić information content (AvgIpc) is 3.05. The fourth-order valence-electron chi connectivity index (χ4n) is 3.05. The number of carbonyl (C=O) groups excluding carboxylic acids is 1. The van der Waals surface area contributed by atoms with Gasteiger partial charge in [-0.25, -0.2) is 0 Å². The lowest BCUT2D eigenvalue weighted by Crippen LogP contribution is -2.22. The minimum absolute atomic E-state index is 0.0128. The van der Waals surface area contributed by atoms with Crippen molar-refractivity contribution in [1.29, 1.82) is 0 Å². The highest BCUT2D eigenvalue weighted by molar-refractivity contribution is 7.07.